The van der Waals surface area contributed by atoms with Crippen LogP contribution < -0.4 is 11.3 Å². The number of nitrogens with one attached hydrogen (secondary N) is 1. The lowest BCUT2D eigenvalue weighted by Gasteiger charge is -2.29. The third-order valence-electron chi connectivity index (χ3n) is 4.43. The fourth-order valence-electron chi connectivity index (χ4n) is 3.00. The van der Waals surface area contributed by atoms with Gasteiger partial charge in [-0.15, -0.1) is 0 Å². The van der Waals surface area contributed by atoms with Crippen molar-refractivity contribution >= 4 is 17.1 Å². The van der Waals surface area contributed by atoms with Crippen LogP contribution in [0.2, 0.25) is 0 Å². The van der Waals surface area contributed by atoms with E-state index in [-0.39, 0.29) is 23.5 Å². The molecular weight excluding hydrogens is 309 g/mol. The topological polar surface area (TPSA) is 139 Å². The van der Waals surface area contributed by atoms with Crippen LogP contribution in [0.25, 0.3) is 11.2 Å². The molecule has 1 saturated heterocycles. The highest BCUT2D eigenvalue weighted by atomic mass is 19.1. The molecule has 0 aromatic carbocycles. The number of halogens is 1. The Kier molecular flexibility index (Phi) is 3.43. The van der Waals surface area contributed by atoms with E-state index in [0.717, 1.165) is 0 Å². The number of imidazole rings is 1. The van der Waals surface area contributed by atoms with Gasteiger partial charge in [0.1, 0.15) is 24.0 Å². The molecular formula is C13H18FN5O4. The van der Waals surface area contributed by atoms with Crippen LogP contribution in [0.3, 0.4) is 0 Å². The number of anilines is 1. The Balaban J connectivity index is 2.17. The predicted octanol–water partition coefficient (Wildman–Crippen LogP) is -0.539. The Morgan fingerprint density at radius 1 is 1.61 bits per heavy atom. The van der Waals surface area contributed by atoms with Crippen LogP contribution in [0.5, 0.6) is 0 Å². The second-order valence-corrected chi connectivity index (χ2v) is 5.93. The van der Waals surface area contributed by atoms with Crippen molar-refractivity contribution in [2.45, 2.75) is 43.8 Å². The van der Waals surface area contributed by atoms with E-state index in [1.165, 1.54) is 17.8 Å². The first-order valence-corrected chi connectivity index (χ1v) is 7.13. The van der Waals surface area contributed by atoms with Crippen LogP contribution in [0.1, 0.15) is 26.5 Å². The van der Waals surface area contributed by atoms with Crippen molar-refractivity contribution in [1.82, 2.24) is 19.5 Å². The zero-order chi connectivity index (χ0) is 17.0. The molecule has 126 valence electrons. The fourth-order valence-corrected chi connectivity index (χ4v) is 3.00. The first kappa shape index (κ1) is 15.8. The summed E-state index contributed by atoms with van der Waals surface area (Å²) in [4.78, 5) is 22.1. The molecule has 3 heterocycles. The molecule has 1 fully saturated rings. The van der Waals surface area contributed by atoms with Gasteiger partial charge in [-0.05, 0) is 13.3 Å². The number of aliphatic hydroxyl groups is 2. The van der Waals surface area contributed by atoms with Crippen molar-refractivity contribution in [3.8, 4) is 0 Å². The van der Waals surface area contributed by atoms with Crippen molar-refractivity contribution in [1.29, 1.82) is 0 Å². The van der Waals surface area contributed by atoms with E-state index in [0.29, 0.717) is 0 Å². The van der Waals surface area contributed by atoms with E-state index in [1.807, 2.05) is 0 Å². The molecule has 1 aliphatic heterocycles. The van der Waals surface area contributed by atoms with E-state index in [2.05, 4.69) is 15.0 Å². The van der Waals surface area contributed by atoms with Crippen molar-refractivity contribution in [3.63, 3.8) is 0 Å². The Hall–Kier alpha value is -2.04. The Bertz CT molecular complexity index is 797. The highest BCUT2D eigenvalue weighted by Crippen LogP contribution is 2.46. The lowest BCUT2D eigenvalue weighted by Crippen LogP contribution is -2.50. The molecule has 0 radical (unpaired) electrons. The maximum atomic E-state index is 13.5. The first-order valence-electron chi connectivity index (χ1n) is 7.13. The first-order chi connectivity index (χ1) is 10.8. The molecule has 1 aliphatic rings. The van der Waals surface area contributed by atoms with Crippen molar-refractivity contribution < 1.29 is 19.3 Å². The highest BCUT2D eigenvalue weighted by molar-refractivity contribution is 5.70. The number of rotatable bonds is 3. The molecule has 3 rings (SSSR count). The van der Waals surface area contributed by atoms with Crippen LogP contribution in [0.4, 0.5) is 10.3 Å². The summed E-state index contributed by atoms with van der Waals surface area (Å²) in [5, 5.41) is 21.0. The van der Waals surface area contributed by atoms with E-state index in [9.17, 15) is 19.4 Å². The second-order valence-electron chi connectivity index (χ2n) is 5.93. The van der Waals surface area contributed by atoms with Crippen molar-refractivity contribution in [2.24, 2.45) is 0 Å². The number of nitrogens with zero attached hydrogens (tertiary/aromatic N) is 3. The molecule has 0 saturated carbocycles. The number of nitrogens with two attached hydrogens (primary N) is 1. The van der Waals surface area contributed by atoms with Gasteiger partial charge in [-0.2, -0.15) is 4.98 Å². The quantitative estimate of drug-likeness (QED) is 0.593. The normalized spacial score (nSPS) is 34.3. The lowest BCUT2D eigenvalue weighted by atomic mass is 9.86. The minimum Gasteiger partial charge on any atom is -0.387 e. The number of hydrogen-bond acceptors (Lipinski definition) is 7. The molecule has 4 unspecified atom stereocenters. The van der Waals surface area contributed by atoms with Gasteiger partial charge in [0.05, 0.1) is 6.33 Å². The number of aliphatic hydroxyl groups excluding tert-OH is 1. The van der Waals surface area contributed by atoms with Gasteiger partial charge in [0.15, 0.2) is 17.4 Å². The van der Waals surface area contributed by atoms with E-state index >= 15 is 0 Å². The summed E-state index contributed by atoms with van der Waals surface area (Å²) in [5.74, 6) is -0.130. The average molecular weight is 327 g/mol. The number of ether oxygens (including phenoxy) is 1. The number of nitrogen functional groups attached to an aromatic ring is 1. The molecule has 2 aromatic heterocycles. The molecule has 0 aliphatic carbocycles. The van der Waals surface area contributed by atoms with Crippen molar-refractivity contribution in [3.05, 3.63) is 16.7 Å². The highest BCUT2D eigenvalue weighted by Gasteiger charge is 2.61. The van der Waals surface area contributed by atoms with Crippen molar-refractivity contribution in [2.75, 3.05) is 12.4 Å². The predicted molar refractivity (Wildman–Crippen MR) is 78.3 cm³/mol. The third kappa shape index (κ3) is 2.06. The number of hydrogen-bond donors (Lipinski definition) is 4. The summed E-state index contributed by atoms with van der Waals surface area (Å²) in [6.45, 7) is 2.01. The van der Waals surface area contributed by atoms with Crippen LogP contribution in [0.15, 0.2) is 11.1 Å². The SMILES string of the molecule is CCC1(CF)OC(n2cnc3c(=O)[nH]c(N)nc32)C(C)(O)C1O. The summed E-state index contributed by atoms with van der Waals surface area (Å²) in [7, 11) is 0. The number of aromatic amines is 1. The number of aromatic nitrogens is 4. The standard InChI is InChI=1S/C13H18FN5O4/c1-3-13(4-14)9(21)12(2,22)10(23-13)19-5-16-6-7(19)17-11(15)18-8(6)20/h5,9-10,21-22H,3-4H2,1-2H3,(H3,15,17,18,20). The number of fused-ring (bicyclic) bond motifs is 1. The third-order valence-corrected chi connectivity index (χ3v) is 4.43. The van der Waals surface area contributed by atoms with Gasteiger partial charge in [0, 0.05) is 0 Å². The smallest absolute Gasteiger partial charge is 0.280 e. The van der Waals surface area contributed by atoms with Gasteiger partial charge in [0.2, 0.25) is 5.95 Å². The number of H-pyrrole nitrogens is 1. The monoisotopic (exact) mass is 327 g/mol. The fraction of sp³-hybridized carbons (Fsp3) is 0.615. The molecule has 10 heteroatoms. The summed E-state index contributed by atoms with van der Waals surface area (Å²) in [5.41, 5.74) is 1.71. The molecule has 5 N–H and O–H groups in total. The summed E-state index contributed by atoms with van der Waals surface area (Å²) < 4.78 is 20.4. The molecule has 4 atom stereocenters. The molecule has 0 bridgehead atoms. The van der Waals surface area contributed by atoms with Crippen LogP contribution in [-0.4, -0.2) is 53.7 Å². The zero-order valence-corrected chi connectivity index (χ0v) is 12.7. The molecule has 0 spiro atoms. The largest absolute Gasteiger partial charge is 0.387 e. The van der Waals surface area contributed by atoms with Gasteiger partial charge in [-0.25, -0.2) is 9.37 Å². The Morgan fingerprint density at radius 2 is 2.30 bits per heavy atom. The average Bonchev–Trinajstić information content (AvgIpc) is 2.99. The zero-order valence-electron chi connectivity index (χ0n) is 12.7. The maximum absolute atomic E-state index is 13.5. The van der Waals surface area contributed by atoms with Gasteiger partial charge >= 0.3 is 0 Å². The van der Waals surface area contributed by atoms with Gasteiger partial charge in [0.25, 0.3) is 5.56 Å². The molecule has 2 aromatic rings. The second kappa shape index (κ2) is 4.98. The Labute approximate surface area is 129 Å². The minimum absolute atomic E-state index is 0.00216. The Morgan fingerprint density at radius 3 is 2.87 bits per heavy atom. The van der Waals surface area contributed by atoms with E-state index in [1.54, 1.807) is 6.92 Å². The van der Waals surface area contributed by atoms with Gasteiger partial charge in [-0.1, -0.05) is 6.92 Å². The molecule has 0 amide bonds. The summed E-state index contributed by atoms with van der Waals surface area (Å²) >= 11 is 0. The van der Waals surface area contributed by atoms with Crippen LogP contribution in [0, 0.1) is 0 Å². The minimum atomic E-state index is -1.81. The van der Waals surface area contributed by atoms with E-state index < -0.39 is 35.8 Å². The lowest BCUT2D eigenvalue weighted by molar-refractivity contribution is -0.119. The molecule has 23 heavy (non-hydrogen) atoms. The summed E-state index contributed by atoms with van der Waals surface area (Å²) in [6.07, 6.45) is -1.25. The maximum Gasteiger partial charge on any atom is 0.280 e. The van der Waals surface area contributed by atoms with Crippen LogP contribution in [-0.2, 0) is 4.74 Å². The van der Waals surface area contributed by atoms with Crippen LogP contribution >= 0.6 is 0 Å². The van der Waals surface area contributed by atoms with Gasteiger partial charge in [-0.3, -0.25) is 14.3 Å². The summed E-state index contributed by atoms with van der Waals surface area (Å²) in [6, 6.07) is 0. The number of alkyl halides is 1. The molecule has 9 nitrogen and oxygen atoms in total. The van der Waals surface area contributed by atoms with Gasteiger partial charge < -0.3 is 20.7 Å². The van der Waals surface area contributed by atoms with E-state index in [4.69, 9.17) is 10.5 Å².